The fraction of sp³-hybridized carbons (Fsp3) is 1.00. The van der Waals surface area contributed by atoms with Gasteiger partial charge in [0.2, 0.25) is 0 Å². The molecule has 7 heteroatoms. The van der Waals surface area contributed by atoms with Crippen LogP contribution < -0.4 is 5.32 Å². The average Bonchev–Trinajstić information content (AvgIpc) is 2.72. The average molecular weight is 297 g/mol. The van der Waals surface area contributed by atoms with Gasteiger partial charge >= 0.3 is 0 Å². The molecule has 1 aliphatic carbocycles. The predicted molar refractivity (Wildman–Crippen MR) is 73.2 cm³/mol. The number of sulfone groups is 2. The molecule has 1 saturated carbocycles. The lowest BCUT2D eigenvalue weighted by Crippen LogP contribution is -2.30. The zero-order chi connectivity index (χ0) is 13.8. The van der Waals surface area contributed by atoms with E-state index in [0.29, 0.717) is 12.8 Å². The molecule has 1 rings (SSSR count). The van der Waals surface area contributed by atoms with E-state index < -0.39 is 19.7 Å². The molecular weight excluding hydrogens is 274 g/mol. The third-order valence-electron chi connectivity index (χ3n) is 3.31. The van der Waals surface area contributed by atoms with Crippen molar-refractivity contribution in [3.63, 3.8) is 0 Å². The van der Waals surface area contributed by atoms with Crippen LogP contribution in [0.25, 0.3) is 0 Å². The van der Waals surface area contributed by atoms with Crippen LogP contribution in [0.1, 0.15) is 32.6 Å². The van der Waals surface area contributed by atoms with Crippen molar-refractivity contribution < 1.29 is 16.8 Å². The molecule has 0 saturated heterocycles. The molecule has 0 heterocycles. The predicted octanol–water partition coefficient (Wildman–Crippen LogP) is 0.367. The Kier molecular flexibility index (Phi) is 5.61. The quantitative estimate of drug-likeness (QED) is 0.734. The molecule has 0 amide bonds. The van der Waals surface area contributed by atoms with Crippen LogP contribution in [-0.4, -0.2) is 52.4 Å². The number of hydrogen-bond donors (Lipinski definition) is 1. The maximum atomic E-state index is 12.0. The molecule has 0 bridgehead atoms. The van der Waals surface area contributed by atoms with Crippen molar-refractivity contribution in [2.75, 3.05) is 24.3 Å². The van der Waals surface area contributed by atoms with E-state index >= 15 is 0 Å². The topological polar surface area (TPSA) is 80.3 Å². The smallest absolute Gasteiger partial charge is 0.154 e. The van der Waals surface area contributed by atoms with E-state index in [-0.39, 0.29) is 22.8 Å². The van der Waals surface area contributed by atoms with Gasteiger partial charge in [0.25, 0.3) is 0 Å². The largest absolute Gasteiger partial charge is 0.314 e. The van der Waals surface area contributed by atoms with E-state index in [0.717, 1.165) is 25.6 Å². The Labute approximate surface area is 110 Å². The Morgan fingerprint density at radius 1 is 1.11 bits per heavy atom. The second-order valence-electron chi connectivity index (χ2n) is 5.08. The lowest BCUT2D eigenvalue weighted by atomic mass is 10.2. The molecule has 2 atom stereocenters. The summed E-state index contributed by atoms with van der Waals surface area (Å²) in [6.07, 6.45) is 4.23. The highest BCUT2D eigenvalue weighted by Gasteiger charge is 2.34. The van der Waals surface area contributed by atoms with E-state index in [1.54, 1.807) is 0 Å². The van der Waals surface area contributed by atoms with Crippen molar-refractivity contribution in [1.29, 1.82) is 0 Å². The van der Waals surface area contributed by atoms with Crippen molar-refractivity contribution >= 4 is 19.7 Å². The minimum atomic E-state index is -3.27. The third-order valence-corrected chi connectivity index (χ3v) is 6.74. The molecule has 18 heavy (non-hydrogen) atoms. The molecule has 1 N–H and O–H groups in total. The second kappa shape index (κ2) is 6.34. The van der Waals surface area contributed by atoms with Crippen LogP contribution in [0.5, 0.6) is 0 Å². The summed E-state index contributed by atoms with van der Waals surface area (Å²) in [5, 5.41) is 2.96. The summed E-state index contributed by atoms with van der Waals surface area (Å²) in [4.78, 5) is 0. The van der Waals surface area contributed by atoms with Gasteiger partial charge in [-0.25, -0.2) is 16.8 Å². The molecule has 0 aromatic heterocycles. The number of rotatable bonds is 7. The van der Waals surface area contributed by atoms with Crippen molar-refractivity contribution in [1.82, 2.24) is 5.32 Å². The highest BCUT2D eigenvalue weighted by molar-refractivity contribution is 7.95. The summed E-state index contributed by atoms with van der Waals surface area (Å²) in [6.45, 7) is 2.98. The SMILES string of the molecule is CCCNC1CCC(S(=O)(=O)CCS(C)(=O)=O)C1. The lowest BCUT2D eigenvalue weighted by molar-refractivity contribution is 0.520. The van der Waals surface area contributed by atoms with E-state index in [1.165, 1.54) is 0 Å². The van der Waals surface area contributed by atoms with Crippen LogP contribution in [0.4, 0.5) is 0 Å². The second-order valence-corrected chi connectivity index (χ2v) is 9.74. The highest BCUT2D eigenvalue weighted by atomic mass is 32.2. The molecule has 2 unspecified atom stereocenters. The number of hydrogen-bond acceptors (Lipinski definition) is 5. The van der Waals surface area contributed by atoms with Gasteiger partial charge in [0.05, 0.1) is 16.8 Å². The summed E-state index contributed by atoms with van der Waals surface area (Å²) in [6, 6.07) is 0.267. The highest BCUT2D eigenvalue weighted by Crippen LogP contribution is 2.26. The maximum absolute atomic E-state index is 12.0. The van der Waals surface area contributed by atoms with Crippen molar-refractivity contribution in [2.24, 2.45) is 0 Å². The van der Waals surface area contributed by atoms with Gasteiger partial charge in [-0.1, -0.05) is 6.92 Å². The standard InChI is InChI=1S/C11H23NO4S2/c1-3-6-12-10-4-5-11(9-10)18(15,16)8-7-17(2,13)14/h10-12H,3-9H2,1-2H3. The fourth-order valence-corrected chi connectivity index (χ4v) is 5.73. The minimum absolute atomic E-state index is 0.239. The summed E-state index contributed by atoms with van der Waals surface area (Å²) in [7, 11) is -6.48. The van der Waals surface area contributed by atoms with Crippen LogP contribution in [0.3, 0.4) is 0 Å². The van der Waals surface area contributed by atoms with Gasteiger partial charge in [0.15, 0.2) is 9.84 Å². The van der Waals surface area contributed by atoms with Crippen LogP contribution in [-0.2, 0) is 19.7 Å². The van der Waals surface area contributed by atoms with Gasteiger partial charge in [-0.2, -0.15) is 0 Å². The molecule has 5 nitrogen and oxygen atoms in total. The summed E-state index contributed by atoms with van der Waals surface area (Å²) < 4.78 is 46.1. The molecule has 1 aliphatic rings. The normalized spacial score (nSPS) is 25.4. The molecular formula is C11H23NO4S2. The summed E-state index contributed by atoms with van der Waals surface area (Å²) >= 11 is 0. The van der Waals surface area contributed by atoms with Gasteiger partial charge in [-0.15, -0.1) is 0 Å². The maximum Gasteiger partial charge on any atom is 0.154 e. The van der Waals surface area contributed by atoms with E-state index in [2.05, 4.69) is 12.2 Å². The van der Waals surface area contributed by atoms with Crippen LogP contribution in [0.15, 0.2) is 0 Å². The number of nitrogens with one attached hydrogen (secondary N) is 1. The minimum Gasteiger partial charge on any atom is -0.314 e. The first-order valence-corrected chi connectivity index (χ1v) is 10.1. The molecule has 108 valence electrons. The molecule has 0 aromatic carbocycles. The Bertz CT molecular complexity index is 455. The Morgan fingerprint density at radius 3 is 2.33 bits per heavy atom. The lowest BCUT2D eigenvalue weighted by Gasteiger charge is -2.13. The van der Waals surface area contributed by atoms with Gasteiger partial charge < -0.3 is 5.32 Å². The molecule has 0 spiro atoms. The van der Waals surface area contributed by atoms with Crippen LogP contribution in [0.2, 0.25) is 0 Å². The first-order chi connectivity index (χ1) is 8.24. The molecule has 0 aromatic rings. The first kappa shape index (κ1) is 15.9. The Balaban J connectivity index is 2.50. The molecule has 0 aliphatic heterocycles. The van der Waals surface area contributed by atoms with Gasteiger partial charge in [0.1, 0.15) is 9.84 Å². The van der Waals surface area contributed by atoms with E-state index in [9.17, 15) is 16.8 Å². The van der Waals surface area contributed by atoms with Crippen LogP contribution >= 0.6 is 0 Å². The van der Waals surface area contributed by atoms with Crippen molar-refractivity contribution in [3.05, 3.63) is 0 Å². The van der Waals surface area contributed by atoms with Crippen molar-refractivity contribution in [3.8, 4) is 0 Å². The van der Waals surface area contributed by atoms with Gasteiger partial charge in [-0.05, 0) is 32.2 Å². The van der Waals surface area contributed by atoms with Crippen LogP contribution in [0, 0.1) is 0 Å². The summed E-state index contributed by atoms with van der Waals surface area (Å²) in [5.74, 6) is -0.504. The van der Waals surface area contributed by atoms with Gasteiger partial charge in [-0.3, -0.25) is 0 Å². The Morgan fingerprint density at radius 2 is 1.78 bits per heavy atom. The zero-order valence-electron chi connectivity index (χ0n) is 11.1. The van der Waals surface area contributed by atoms with Crippen molar-refractivity contribution in [2.45, 2.75) is 43.9 Å². The monoisotopic (exact) mass is 297 g/mol. The molecule has 0 radical (unpaired) electrons. The first-order valence-electron chi connectivity index (χ1n) is 6.37. The van der Waals surface area contributed by atoms with E-state index in [1.807, 2.05) is 0 Å². The fourth-order valence-electron chi connectivity index (χ4n) is 2.23. The van der Waals surface area contributed by atoms with E-state index in [4.69, 9.17) is 0 Å². The summed E-state index contributed by atoms with van der Waals surface area (Å²) in [5.41, 5.74) is 0. The third kappa shape index (κ3) is 5.24. The zero-order valence-corrected chi connectivity index (χ0v) is 12.7. The molecule has 1 fully saturated rings. The van der Waals surface area contributed by atoms with Gasteiger partial charge in [0, 0.05) is 12.3 Å². The Hall–Kier alpha value is -0.140.